The Kier molecular flexibility index (Phi) is 10.1. The molecule has 3 heterocycles. The van der Waals surface area contributed by atoms with Crippen LogP contribution in [-0.2, 0) is 27.1 Å². The van der Waals surface area contributed by atoms with E-state index in [1.807, 2.05) is 66.7 Å². The Labute approximate surface area is 281 Å². The smallest absolute Gasteiger partial charge is 0.340 e. The average molecular weight is 645 g/mol. The van der Waals surface area contributed by atoms with Crippen LogP contribution in [0.5, 0.6) is 5.75 Å². The molecule has 0 aliphatic carbocycles. The normalized spacial score (nSPS) is 18.5. The molecule has 2 unspecified atom stereocenters. The number of benzene rings is 2. The summed E-state index contributed by atoms with van der Waals surface area (Å²) in [6.07, 6.45) is 2.94. The molecule has 0 amide bonds. The molecule has 1 saturated heterocycles. The van der Waals surface area contributed by atoms with E-state index in [0.717, 1.165) is 89.4 Å². The molecule has 1 fully saturated rings. The van der Waals surface area contributed by atoms with Gasteiger partial charge in [-0.15, -0.1) is 0 Å². The van der Waals surface area contributed by atoms with Crippen LogP contribution in [0.2, 0.25) is 0 Å². The fourth-order valence-corrected chi connectivity index (χ4v) is 6.85. The van der Waals surface area contributed by atoms with Gasteiger partial charge in [-0.25, -0.2) is 9.18 Å². The van der Waals surface area contributed by atoms with Crippen LogP contribution in [0.4, 0.5) is 10.1 Å². The lowest BCUT2D eigenvalue weighted by Crippen LogP contribution is -2.39. The van der Waals surface area contributed by atoms with Crippen molar-refractivity contribution in [3.63, 3.8) is 0 Å². The maximum absolute atomic E-state index is 14.6. The molecule has 0 radical (unpaired) electrons. The molecule has 0 spiro atoms. The summed E-state index contributed by atoms with van der Waals surface area (Å²) in [7, 11) is 0. The average Bonchev–Trinajstić information content (AvgIpc) is 2.96. The van der Waals surface area contributed by atoms with Crippen molar-refractivity contribution in [2.45, 2.75) is 125 Å². The highest BCUT2D eigenvalue weighted by Crippen LogP contribution is 2.46. The van der Waals surface area contributed by atoms with E-state index in [9.17, 15) is 9.18 Å². The Hall–Kier alpha value is -3.45. The monoisotopic (exact) mass is 644 g/mol. The number of pyridine rings is 1. The summed E-state index contributed by atoms with van der Waals surface area (Å²) in [6.45, 7) is 21.9. The molecule has 0 N–H and O–H groups in total. The lowest BCUT2D eigenvalue weighted by atomic mass is 9.81. The molecular formula is C40H53FN2O4. The number of hydrogen-bond donors (Lipinski definition) is 0. The summed E-state index contributed by atoms with van der Waals surface area (Å²) < 4.78 is 33.4. The lowest BCUT2D eigenvalue weighted by Gasteiger charge is -2.41. The molecule has 0 bridgehead atoms. The number of halogens is 1. The maximum Gasteiger partial charge on any atom is 0.340 e. The summed E-state index contributed by atoms with van der Waals surface area (Å²) in [4.78, 5) is 21.3. The predicted octanol–water partition coefficient (Wildman–Crippen LogP) is 9.18. The van der Waals surface area contributed by atoms with Gasteiger partial charge < -0.3 is 19.1 Å². The topological polar surface area (TPSA) is 60.9 Å². The number of piperidine rings is 1. The van der Waals surface area contributed by atoms with E-state index < -0.39 is 17.7 Å². The van der Waals surface area contributed by atoms with Gasteiger partial charge in [0.15, 0.2) is 6.10 Å². The van der Waals surface area contributed by atoms with Crippen LogP contribution in [0.3, 0.4) is 0 Å². The molecule has 254 valence electrons. The zero-order valence-corrected chi connectivity index (χ0v) is 30.1. The third-order valence-electron chi connectivity index (χ3n) is 9.35. The first-order valence-electron chi connectivity index (χ1n) is 17.2. The van der Waals surface area contributed by atoms with Gasteiger partial charge in [0.05, 0.1) is 17.4 Å². The van der Waals surface area contributed by atoms with Crippen molar-refractivity contribution in [1.82, 2.24) is 4.98 Å². The number of fused-ring (bicyclic) bond motifs is 1. The number of aryl methyl sites for hydroxylation is 4. The second-order valence-electron chi connectivity index (χ2n) is 15.6. The number of hydrogen-bond acceptors (Lipinski definition) is 6. The zero-order valence-electron chi connectivity index (χ0n) is 30.1. The molecule has 7 heteroatoms. The molecule has 2 aromatic carbocycles. The highest BCUT2D eigenvalue weighted by Gasteiger charge is 2.38. The first-order chi connectivity index (χ1) is 22.0. The van der Waals surface area contributed by atoms with E-state index >= 15 is 0 Å². The second-order valence-corrected chi connectivity index (χ2v) is 15.6. The van der Waals surface area contributed by atoms with E-state index in [0.29, 0.717) is 12.0 Å². The van der Waals surface area contributed by atoms with Crippen molar-refractivity contribution in [1.29, 1.82) is 0 Å². The summed E-state index contributed by atoms with van der Waals surface area (Å²) in [5, 5.41) is 0. The number of rotatable bonds is 8. The Morgan fingerprint density at radius 1 is 1.06 bits per heavy atom. The SMILES string of the molecule is Cc1ccc(CC2CCc3cc(-c4c(C)nc(C)c(C(OC(C)(C)C)C(=O)OC(C)C)c4N4CCC(C)(C)CC4)ccc3O2)c(F)c1. The Morgan fingerprint density at radius 2 is 1.77 bits per heavy atom. The highest BCUT2D eigenvalue weighted by molar-refractivity contribution is 5.89. The predicted molar refractivity (Wildman–Crippen MR) is 187 cm³/mol. The number of nitrogens with zero attached hydrogens (tertiary/aromatic N) is 2. The molecule has 5 rings (SSSR count). The van der Waals surface area contributed by atoms with Crippen LogP contribution in [0.15, 0.2) is 36.4 Å². The van der Waals surface area contributed by atoms with Gasteiger partial charge in [0.2, 0.25) is 0 Å². The van der Waals surface area contributed by atoms with Crippen LogP contribution >= 0.6 is 0 Å². The number of carbonyl (C=O) groups excluding carboxylic acids is 1. The van der Waals surface area contributed by atoms with Gasteiger partial charge in [-0.2, -0.15) is 0 Å². The van der Waals surface area contributed by atoms with E-state index in [2.05, 4.69) is 37.8 Å². The van der Waals surface area contributed by atoms with Crippen molar-refractivity contribution in [2.75, 3.05) is 18.0 Å². The molecule has 2 atom stereocenters. The standard InChI is InChI=1S/C40H53FN2O4/c1-24(2)45-38(44)37(47-39(6,7)8)35-27(5)42-26(4)34(36(35)43-19-17-40(9,10)18-20-43)30-14-16-33-29(22-30)13-15-31(46-33)23-28-12-11-25(3)21-32(28)41/h11-12,14,16,21-22,24,31,37H,13,15,17-20,23H2,1-10H3. The van der Waals surface area contributed by atoms with E-state index in [4.69, 9.17) is 19.2 Å². The van der Waals surface area contributed by atoms with Gasteiger partial charge in [-0.3, -0.25) is 4.98 Å². The minimum absolute atomic E-state index is 0.0884. The van der Waals surface area contributed by atoms with Crippen LogP contribution < -0.4 is 9.64 Å². The van der Waals surface area contributed by atoms with Crippen molar-refractivity contribution in [2.24, 2.45) is 5.41 Å². The maximum atomic E-state index is 14.6. The third-order valence-corrected chi connectivity index (χ3v) is 9.35. The van der Waals surface area contributed by atoms with Gasteiger partial charge >= 0.3 is 5.97 Å². The molecule has 3 aromatic rings. The quantitative estimate of drug-likeness (QED) is 0.228. The molecule has 0 saturated carbocycles. The van der Waals surface area contributed by atoms with Crippen molar-refractivity contribution >= 4 is 11.7 Å². The molecule has 1 aromatic heterocycles. The van der Waals surface area contributed by atoms with Gasteiger partial charge in [0.25, 0.3) is 0 Å². The number of aromatic nitrogens is 1. The number of carbonyl (C=O) groups is 1. The minimum atomic E-state index is -0.932. The second kappa shape index (κ2) is 13.6. The van der Waals surface area contributed by atoms with Crippen molar-refractivity contribution in [3.05, 3.63) is 75.9 Å². The Balaban J connectivity index is 1.59. The largest absolute Gasteiger partial charge is 0.490 e. The van der Waals surface area contributed by atoms with Crippen molar-refractivity contribution < 1.29 is 23.4 Å². The van der Waals surface area contributed by atoms with Crippen LogP contribution in [0.25, 0.3) is 11.1 Å². The van der Waals surface area contributed by atoms with Crippen LogP contribution in [0.1, 0.15) is 107 Å². The van der Waals surface area contributed by atoms with E-state index in [1.165, 1.54) is 0 Å². The van der Waals surface area contributed by atoms with Gasteiger partial charge in [-0.1, -0.05) is 32.0 Å². The zero-order chi connectivity index (χ0) is 34.3. The number of anilines is 1. The third kappa shape index (κ3) is 8.17. The van der Waals surface area contributed by atoms with Gasteiger partial charge in [0, 0.05) is 42.0 Å². The van der Waals surface area contributed by atoms with Gasteiger partial charge in [-0.05, 0) is 127 Å². The molecule has 6 nitrogen and oxygen atoms in total. The summed E-state index contributed by atoms with van der Waals surface area (Å²) in [5.74, 6) is 0.266. The first kappa shape index (κ1) is 34.9. The number of ether oxygens (including phenoxy) is 3. The van der Waals surface area contributed by atoms with Crippen LogP contribution in [-0.4, -0.2) is 41.9 Å². The number of esters is 1. The van der Waals surface area contributed by atoms with Gasteiger partial charge in [0.1, 0.15) is 17.7 Å². The molecule has 2 aliphatic heterocycles. The Morgan fingerprint density at radius 3 is 2.40 bits per heavy atom. The summed E-state index contributed by atoms with van der Waals surface area (Å²) in [5.41, 5.74) is 7.88. The van der Waals surface area contributed by atoms with E-state index in [-0.39, 0.29) is 23.4 Å². The summed E-state index contributed by atoms with van der Waals surface area (Å²) >= 11 is 0. The lowest BCUT2D eigenvalue weighted by molar-refractivity contribution is -0.171. The first-order valence-corrected chi connectivity index (χ1v) is 17.2. The molecular weight excluding hydrogens is 591 g/mol. The van der Waals surface area contributed by atoms with Crippen molar-refractivity contribution in [3.8, 4) is 16.9 Å². The Bertz CT molecular complexity index is 1610. The fourth-order valence-electron chi connectivity index (χ4n) is 6.85. The summed E-state index contributed by atoms with van der Waals surface area (Å²) in [6, 6.07) is 11.8. The molecule has 2 aliphatic rings. The fraction of sp³-hybridized carbons (Fsp3) is 0.550. The van der Waals surface area contributed by atoms with E-state index in [1.54, 1.807) is 6.07 Å². The van der Waals surface area contributed by atoms with Crippen LogP contribution in [0, 0.1) is 32.0 Å². The highest BCUT2D eigenvalue weighted by atomic mass is 19.1. The molecule has 47 heavy (non-hydrogen) atoms. The minimum Gasteiger partial charge on any atom is -0.490 e.